The maximum atomic E-state index is 11.6. The van der Waals surface area contributed by atoms with E-state index in [1.54, 1.807) is 0 Å². The summed E-state index contributed by atoms with van der Waals surface area (Å²) in [6.07, 6.45) is 4.02. The SMILES string of the molecule is CCNC(=O)CNC(=NCc1ccc(CN2CCCCC2)cc1)NCC.I. The summed E-state index contributed by atoms with van der Waals surface area (Å²) in [6.45, 7) is 9.62. The summed E-state index contributed by atoms with van der Waals surface area (Å²) >= 11 is 0. The van der Waals surface area contributed by atoms with Crippen LogP contribution in [0.3, 0.4) is 0 Å². The van der Waals surface area contributed by atoms with Gasteiger partial charge in [-0.25, -0.2) is 4.99 Å². The Hall–Kier alpha value is -1.35. The van der Waals surface area contributed by atoms with Gasteiger partial charge in [0.2, 0.25) is 5.91 Å². The number of rotatable bonds is 8. The van der Waals surface area contributed by atoms with E-state index in [4.69, 9.17) is 0 Å². The molecule has 0 bridgehead atoms. The van der Waals surface area contributed by atoms with Crippen molar-refractivity contribution in [3.63, 3.8) is 0 Å². The quantitative estimate of drug-likeness (QED) is 0.300. The molecule has 27 heavy (non-hydrogen) atoms. The molecule has 1 amide bonds. The van der Waals surface area contributed by atoms with Crippen LogP contribution in [-0.4, -0.2) is 49.5 Å². The van der Waals surface area contributed by atoms with Crippen molar-refractivity contribution in [1.29, 1.82) is 0 Å². The molecule has 1 saturated heterocycles. The molecule has 1 aromatic carbocycles. The minimum Gasteiger partial charge on any atom is -0.357 e. The third kappa shape index (κ3) is 9.41. The molecule has 2 rings (SSSR count). The van der Waals surface area contributed by atoms with Crippen LogP contribution in [0.25, 0.3) is 0 Å². The van der Waals surface area contributed by atoms with E-state index >= 15 is 0 Å². The predicted octanol–water partition coefficient (Wildman–Crippen LogP) is 2.48. The number of nitrogens with one attached hydrogen (secondary N) is 3. The summed E-state index contributed by atoms with van der Waals surface area (Å²) in [6, 6.07) is 8.70. The minimum absolute atomic E-state index is 0. The molecule has 0 atom stereocenters. The van der Waals surface area contributed by atoms with Crippen LogP contribution < -0.4 is 16.0 Å². The van der Waals surface area contributed by atoms with Crippen molar-refractivity contribution >= 4 is 35.8 Å². The average Bonchev–Trinajstić information content (AvgIpc) is 2.66. The second-order valence-corrected chi connectivity index (χ2v) is 6.66. The van der Waals surface area contributed by atoms with Crippen molar-refractivity contribution in [2.24, 2.45) is 4.99 Å². The van der Waals surface area contributed by atoms with Gasteiger partial charge in [0.25, 0.3) is 0 Å². The Kier molecular flexibility index (Phi) is 12.1. The molecular formula is C20H34IN5O. The predicted molar refractivity (Wildman–Crippen MR) is 122 cm³/mol. The normalized spacial score (nSPS) is 15.0. The molecule has 7 heteroatoms. The summed E-state index contributed by atoms with van der Waals surface area (Å²) in [4.78, 5) is 18.7. The average molecular weight is 487 g/mol. The highest BCUT2D eigenvalue weighted by Gasteiger charge is 2.10. The Labute approximate surface area is 180 Å². The maximum absolute atomic E-state index is 11.6. The number of carbonyl (C=O) groups excluding carboxylic acids is 1. The van der Waals surface area contributed by atoms with Gasteiger partial charge in [-0.15, -0.1) is 24.0 Å². The van der Waals surface area contributed by atoms with Crippen molar-refractivity contribution in [2.75, 3.05) is 32.7 Å². The first-order chi connectivity index (χ1) is 12.7. The van der Waals surface area contributed by atoms with Gasteiger partial charge in [0.1, 0.15) is 0 Å². The van der Waals surface area contributed by atoms with Gasteiger partial charge < -0.3 is 16.0 Å². The maximum Gasteiger partial charge on any atom is 0.239 e. The van der Waals surface area contributed by atoms with E-state index in [1.165, 1.54) is 43.5 Å². The van der Waals surface area contributed by atoms with E-state index in [0.717, 1.165) is 13.1 Å². The van der Waals surface area contributed by atoms with Crippen molar-refractivity contribution < 1.29 is 4.79 Å². The number of piperidine rings is 1. The number of likely N-dealkylation sites (N-methyl/N-ethyl adjacent to an activating group) is 1. The molecule has 152 valence electrons. The highest BCUT2D eigenvalue weighted by atomic mass is 127. The Morgan fingerprint density at radius 3 is 2.22 bits per heavy atom. The number of halogens is 1. The molecule has 1 fully saturated rings. The number of aliphatic imine (C=N–C) groups is 1. The van der Waals surface area contributed by atoms with Crippen molar-refractivity contribution in [2.45, 2.75) is 46.2 Å². The molecular weight excluding hydrogens is 453 g/mol. The van der Waals surface area contributed by atoms with Crippen molar-refractivity contribution in [3.05, 3.63) is 35.4 Å². The molecule has 0 aromatic heterocycles. The van der Waals surface area contributed by atoms with Gasteiger partial charge in [-0.3, -0.25) is 9.69 Å². The van der Waals surface area contributed by atoms with Gasteiger partial charge in [-0.1, -0.05) is 30.7 Å². The third-order valence-corrected chi connectivity index (χ3v) is 4.43. The van der Waals surface area contributed by atoms with E-state index in [1.807, 2.05) is 13.8 Å². The van der Waals surface area contributed by atoms with E-state index in [9.17, 15) is 4.79 Å². The Balaban J connectivity index is 0.00000364. The fraction of sp³-hybridized carbons (Fsp3) is 0.600. The Morgan fingerprint density at radius 2 is 1.59 bits per heavy atom. The molecule has 0 aliphatic carbocycles. The van der Waals surface area contributed by atoms with Gasteiger partial charge in [0.05, 0.1) is 13.1 Å². The summed E-state index contributed by atoms with van der Waals surface area (Å²) < 4.78 is 0. The van der Waals surface area contributed by atoms with Crippen LogP contribution in [0.2, 0.25) is 0 Å². The first kappa shape index (κ1) is 23.7. The summed E-state index contributed by atoms with van der Waals surface area (Å²) in [5.41, 5.74) is 2.53. The molecule has 0 spiro atoms. The summed E-state index contributed by atoms with van der Waals surface area (Å²) in [5, 5.41) is 9.00. The highest BCUT2D eigenvalue weighted by molar-refractivity contribution is 14.0. The number of hydrogen-bond donors (Lipinski definition) is 3. The molecule has 1 aromatic rings. The lowest BCUT2D eigenvalue weighted by molar-refractivity contribution is -0.119. The van der Waals surface area contributed by atoms with Crippen LogP contribution in [-0.2, 0) is 17.9 Å². The highest BCUT2D eigenvalue weighted by Crippen LogP contribution is 2.13. The lowest BCUT2D eigenvalue weighted by Crippen LogP contribution is -2.43. The molecule has 1 heterocycles. The first-order valence-corrected chi connectivity index (χ1v) is 9.80. The number of carbonyl (C=O) groups is 1. The zero-order valence-corrected chi connectivity index (χ0v) is 18.9. The number of likely N-dealkylation sites (tertiary alicyclic amines) is 1. The molecule has 0 saturated carbocycles. The molecule has 1 aliphatic heterocycles. The van der Waals surface area contributed by atoms with Crippen molar-refractivity contribution in [3.8, 4) is 0 Å². The standard InChI is InChI=1S/C20H33N5O.HI/c1-3-21-19(26)15-24-20(22-4-2)23-14-17-8-10-18(11-9-17)16-25-12-6-5-7-13-25;/h8-11H,3-7,12-16H2,1-2H3,(H,21,26)(H2,22,23,24);1H. The second-order valence-electron chi connectivity index (χ2n) is 6.66. The van der Waals surface area contributed by atoms with Crippen LogP contribution in [0.4, 0.5) is 0 Å². The number of guanidine groups is 1. The fourth-order valence-electron chi connectivity index (χ4n) is 3.06. The van der Waals surface area contributed by atoms with Crippen LogP contribution in [0.15, 0.2) is 29.3 Å². The minimum atomic E-state index is -0.0276. The lowest BCUT2D eigenvalue weighted by atomic mass is 10.1. The summed E-state index contributed by atoms with van der Waals surface area (Å²) in [5.74, 6) is 0.635. The third-order valence-electron chi connectivity index (χ3n) is 4.43. The first-order valence-electron chi connectivity index (χ1n) is 9.80. The van der Waals surface area contributed by atoms with E-state index in [2.05, 4.69) is 50.1 Å². The number of hydrogen-bond acceptors (Lipinski definition) is 3. The van der Waals surface area contributed by atoms with Crippen LogP contribution in [0.5, 0.6) is 0 Å². The molecule has 1 aliphatic rings. The Bertz CT molecular complexity index is 570. The largest absolute Gasteiger partial charge is 0.357 e. The van der Waals surface area contributed by atoms with Gasteiger partial charge in [0.15, 0.2) is 5.96 Å². The molecule has 0 radical (unpaired) electrons. The van der Waals surface area contributed by atoms with E-state index in [-0.39, 0.29) is 36.4 Å². The van der Waals surface area contributed by atoms with Gasteiger partial charge >= 0.3 is 0 Å². The monoisotopic (exact) mass is 487 g/mol. The molecule has 6 nitrogen and oxygen atoms in total. The van der Waals surface area contributed by atoms with Gasteiger partial charge in [0, 0.05) is 19.6 Å². The molecule has 0 unspecified atom stereocenters. The number of nitrogens with zero attached hydrogens (tertiary/aromatic N) is 2. The zero-order valence-electron chi connectivity index (χ0n) is 16.6. The van der Waals surface area contributed by atoms with Crippen molar-refractivity contribution in [1.82, 2.24) is 20.9 Å². The second kappa shape index (κ2) is 13.8. The van der Waals surface area contributed by atoms with Gasteiger partial charge in [-0.05, 0) is 50.9 Å². The van der Waals surface area contributed by atoms with E-state index < -0.39 is 0 Å². The fourth-order valence-corrected chi connectivity index (χ4v) is 3.06. The topological polar surface area (TPSA) is 68.8 Å². The number of amides is 1. The number of benzene rings is 1. The van der Waals surface area contributed by atoms with Crippen LogP contribution in [0, 0.1) is 0 Å². The summed E-state index contributed by atoms with van der Waals surface area (Å²) in [7, 11) is 0. The van der Waals surface area contributed by atoms with Crippen LogP contribution >= 0.6 is 24.0 Å². The molecule has 3 N–H and O–H groups in total. The van der Waals surface area contributed by atoms with Crippen LogP contribution in [0.1, 0.15) is 44.2 Å². The lowest BCUT2D eigenvalue weighted by Gasteiger charge is -2.26. The Morgan fingerprint density at radius 1 is 0.963 bits per heavy atom. The zero-order chi connectivity index (χ0) is 18.6. The van der Waals surface area contributed by atoms with E-state index in [0.29, 0.717) is 19.0 Å². The smallest absolute Gasteiger partial charge is 0.239 e. The van der Waals surface area contributed by atoms with Gasteiger partial charge in [-0.2, -0.15) is 0 Å².